The number of phenols is 6. The van der Waals surface area contributed by atoms with Gasteiger partial charge in [0.15, 0.2) is 46.0 Å². The molecule has 0 unspecified atom stereocenters. The largest absolute Gasteiger partial charge is 0.504 e. The van der Waals surface area contributed by atoms with Gasteiger partial charge in [0.1, 0.15) is 0 Å². The molecule has 0 heterocycles. The Kier molecular flexibility index (Phi) is 6.34. The van der Waals surface area contributed by atoms with Gasteiger partial charge in [-0.2, -0.15) is 0 Å². The van der Waals surface area contributed by atoms with E-state index in [0.717, 1.165) is 42.5 Å². The molecule has 0 saturated carbocycles. The van der Waals surface area contributed by atoms with Crippen LogP contribution in [-0.2, 0) is 4.74 Å². The molecule has 0 atom stereocenters. The van der Waals surface area contributed by atoms with E-state index in [0.29, 0.717) is 0 Å². The normalized spacial score (nSPS) is 10.4. The Morgan fingerprint density at radius 3 is 1.50 bits per heavy atom. The van der Waals surface area contributed by atoms with E-state index in [1.807, 2.05) is 0 Å². The minimum absolute atomic E-state index is 0.123. The van der Waals surface area contributed by atoms with E-state index in [2.05, 4.69) is 4.74 Å². The van der Waals surface area contributed by atoms with Crippen LogP contribution in [0.4, 0.5) is 0 Å². The Labute approximate surface area is 190 Å². The van der Waals surface area contributed by atoms with E-state index in [4.69, 9.17) is 9.47 Å². The number of phenolic OH excluding ortho intramolecular Hbond substituents is 6. The van der Waals surface area contributed by atoms with E-state index in [-0.39, 0.29) is 22.6 Å². The molecule has 0 aliphatic rings. The first-order valence-corrected chi connectivity index (χ1v) is 9.18. The topological polar surface area (TPSA) is 200 Å². The lowest BCUT2D eigenvalue weighted by Gasteiger charge is -2.11. The summed E-state index contributed by atoms with van der Waals surface area (Å²) in [5.41, 5.74) is -0.916. The third kappa shape index (κ3) is 4.70. The Morgan fingerprint density at radius 1 is 0.588 bits per heavy atom. The van der Waals surface area contributed by atoms with Crippen LogP contribution in [-0.4, -0.2) is 55.7 Å². The highest BCUT2D eigenvalue weighted by atomic mass is 16.6. The number of carbonyl (C=O) groups excluding carboxylic acids is 3. The second kappa shape index (κ2) is 9.16. The van der Waals surface area contributed by atoms with Crippen LogP contribution in [0.5, 0.6) is 46.0 Å². The Morgan fingerprint density at radius 2 is 1.03 bits per heavy atom. The summed E-state index contributed by atoms with van der Waals surface area (Å²) in [5.74, 6) is -8.50. The van der Waals surface area contributed by atoms with Crippen molar-refractivity contribution in [3.8, 4) is 46.0 Å². The van der Waals surface area contributed by atoms with E-state index in [1.165, 1.54) is 7.11 Å². The zero-order valence-corrected chi connectivity index (χ0v) is 17.2. The van der Waals surface area contributed by atoms with Gasteiger partial charge in [0.25, 0.3) is 0 Å². The third-order valence-corrected chi connectivity index (χ3v) is 4.40. The lowest BCUT2D eigenvalue weighted by atomic mass is 10.1. The molecule has 12 nitrogen and oxygen atoms in total. The predicted octanol–water partition coefficient (Wildman–Crippen LogP) is 2.15. The number of ether oxygens (including phenoxy) is 3. The Bertz CT molecular complexity index is 1270. The van der Waals surface area contributed by atoms with Gasteiger partial charge in [-0.1, -0.05) is 0 Å². The van der Waals surface area contributed by atoms with Crippen LogP contribution in [0.1, 0.15) is 31.1 Å². The number of carbonyl (C=O) groups is 3. The smallest absolute Gasteiger partial charge is 0.346 e. The quantitative estimate of drug-likeness (QED) is 0.137. The molecule has 34 heavy (non-hydrogen) atoms. The minimum atomic E-state index is -1.24. The second-order valence-corrected chi connectivity index (χ2v) is 6.66. The highest BCUT2D eigenvalue weighted by molar-refractivity contribution is 6.03. The number of rotatable bonds is 5. The molecule has 3 rings (SSSR count). The van der Waals surface area contributed by atoms with Crippen LogP contribution in [0.25, 0.3) is 0 Å². The fourth-order valence-electron chi connectivity index (χ4n) is 2.68. The average Bonchev–Trinajstić information content (AvgIpc) is 2.80. The van der Waals surface area contributed by atoms with Crippen molar-refractivity contribution in [2.75, 3.05) is 7.11 Å². The number of hydrogen-bond acceptors (Lipinski definition) is 12. The molecule has 0 amide bonds. The monoisotopic (exact) mass is 472 g/mol. The van der Waals surface area contributed by atoms with Crippen LogP contribution in [0, 0.1) is 0 Å². The predicted molar refractivity (Wildman–Crippen MR) is 111 cm³/mol. The van der Waals surface area contributed by atoms with Gasteiger partial charge in [0, 0.05) is 0 Å². The highest BCUT2D eigenvalue weighted by Gasteiger charge is 2.21. The molecule has 0 aliphatic carbocycles. The fraction of sp³-hybridized carbons (Fsp3) is 0.0455. The summed E-state index contributed by atoms with van der Waals surface area (Å²) >= 11 is 0. The van der Waals surface area contributed by atoms with Crippen LogP contribution in [0.3, 0.4) is 0 Å². The SMILES string of the molecule is COc1cc(C(=O)OC(=O)c2cc(O)c(O)c(O)c2)ccc1OC(=O)c1cc(O)c(O)c(O)c1. The van der Waals surface area contributed by atoms with Crippen molar-refractivity contribution in [2.45, 2.75) is 0 Å². The minimum Gasteiger partial charge on any atom is -0.504 e. The second-order valence-electron chi connectivity index (χ2n) is 6.66. The van der Waals surface area contributed by atoms with Gasteiger partial charge in [-0.05, 0) is 42.5 Å². The van der Waals surface area contributed by atoms with Gasteiger partial charge in [-0.25, -0.2) is 14.4 Å². The molecule has 0 spiro atoms. The lowest BCUT2D eigenvalue weighted by molar-refractivity contribution is 0.0396. The van der Waals surface area contributed by atoms with Gasteiger partial charge in [-0.3, -0.25) is 0 Å². The molecule has 176 valence electrons. The molecule has 0 fully saturated rings. The van der Waals surface area contributed by atoms with Crippen LogP contribution in [0.2, 0.25) is 0 Å². The molecular formula is C22H16O12. The molecule has 0 bridgehead atoms. The summed E-state index contributed by atoms with van der Waals surface area (Å²) in [4.78, 5) is 36.8. The van der Waals surface area contributed by atoms with Crippen molar-refractivity contribution in [2.24, 2.45) is 0 Å². The number of hydrogen-bond donors (Lipinski definition) is 6. The molecule has 6 N–H and O–H groups in total. The first-order chi connectivity index (χ1) is 16.0. The van der Waals surface area contributed by atoms with Gasteiger partial charge in [0.05, 0.1) is 23.8 Å². The molecule has 12 heteroatoms. The van der Waals surface area contributed by atoms with Crippen molar-refractivity contribution in [3.63, 3.8) is 0 Å². The van der Waals surface area contributed by atoms with Crippen LogP contribution < -0.4 is 9.47 Å². The summed E-state index contributed by atoms with van der Waals surface area (Å²) in [7, 11) is 1.20. The van der Waals surface area contributed by atoms with Crippen LogP contribution in [0.15, 0.2) is 42.5 Å². The van der Waals surface area contributed by atoms with Crippen molar-refractivity contribution in [1.29, 1.82) is 0 Å². The molecule has 0 aliphatic heterocycles. The molecule has 3 aromatic carbocycles. The van der Waals surface area contributed by atoms with Crippen LogP contribution >= 0.6 is 0 Å². The van der Waals surface area contributed by atoms with E-state index >= 15 is 0 Å². The van der Waals surface area contributed by atoms with Gasteiger partial charge < -0.3 is 44.8 Å². The van der Waals surface area contributed by atoms with E-state index in [9.17, 15) is 45.0 Å². The van der Waals surface area contributed by atoms with Crippen molar-refractivity contribution in [3.05, 3.63) is 59.2 Å². The van der Waals surface area contributed by atoms with E-state index in [1.54, 1.807) is 0 Å². The summed E-state index contributed by atoms with van der Waals surface area (Å²) < 4.78 is 14.9. The summed E-state index contributed by atoms with van der Waals surface area (Å²) in [5, 5.41) is 56.7. The van der Waals surface area contributed by atoms with Crippen molar-refractivity contribution < 1.29 is 59.2 Å². The molecule has 0 saturated heterocycles. The first kappa shape index (κ1) is 23.5. The molecule has 0 aromatic heterocycles. The Balaban J connectivity index is 1.78. The molecule has 3 aromatic rings. The highest BCUT2D eigenvalue weighted by Crippen LogP contribution is 2.37. The molecular weight excluding hydrogens is 456 g/mol. The van der Waals surface area contributed by atoms with Crippen molar-refractivity contribution >= 4 is 17.9 Å². The fourth-order valence-corrected chi connectivity index (χ4v) is 2.68. The Hall–Kier alpha value is -5.13. The van der Waals surface area contributed by atoms with Crippen molar-refractivity contribution in [1.82, 2.24) is 0 Å². The number of benzene rings is 3. The summed E-state index contributed by atoms with van der Waals surface area (Å²) in [6.45, 7) is 0. The zero-order valence-electron chi connectivity index (χ0n) is 17.2. The lowest BCUT2D eigenvalue weighted by Crippen LogP contribution is -2.13. The molecule has 0 radical (unpaired) electrons. The third-order valence-electron chi connectivity index (χ3n) is 4.40. The van der Waals surface area contributed by atoms with Gasteiger partial charge in [-0.15, -0.1) is 0 Å². The number of aromatic hydroxyl groups is 6. The average molecular weight is 472 g/mol. The van der Waals surface area contributed by atoms with E-state index < -0.39 is 58.0 Å². The zero-order chi connectivity index (χ0) is 25.2. The van der Waals surface area contributed by atoms with Gasteiger partial charge in [0.2, 0.25) is 0 Å². The number of methoxy groups -OCH3 is 1. The van der Waals surface area contributed by atoms with Gasteiger partial charge >= 0.3 is 17.9 Å². The maximum atomic E-state index is 12.3. The maximum absolute atomic E-state index is 12.3. The standard InChI is InChI=1S/C22H16O12/c1-32-17-8-9(20(29)34-22(31)11-6-14(25)19(28)15(26)7-11)2-3-16(17)33-21(30)10-4-12(23)18(27)13(24)5-10/h2-8,23-28H,1H3. The summed E-state index contributed by atoms with van der Waals surface area (Å²) in [6.07, 6.45) is 0. The number of esters is 3. The first-order valence-electron chi connectivity index (χ1n) is 9.18. The summed E-state index contributed by atoms with van der Waals surface area (Å²) in [6, 6.07) is 6.67. The maximum Gasteiger partial charge on any atom is 0.346 e.